The van der Waals surface area contributed by atoms with Crippen molar-refractivity contribution in [2.24, 2.45) is 11.8 Å². The summed E-state index contributed by atoms with van der Waals surface area (Å²) >= 11 is 0. The molecule has 2 aliphatic carbocycles. The zero-order chi connectivity index (χ0) is 20.0. The smallest absolute Gasteiger partial charge is 0.167 e. The first kappa shape index (κ1) is 21.8. The molecule has 5 atom stereocenters. The van der Waals surface area contributed by atoms with Crippen LogP contribution in [0, 0.1) is 11.8 Å². The van der Waals surface area contributed by atoms with E-state index in [1.165, 1.54) is 0 Å². The maximum absolute atomic E-state index is 12.5. The van der Waals surface area contributed by atoms with E-state index in [-0.39, 0.29) is 37.1 Å². The van der Waals surface area contributed by atoms with Crippen LogP contribution in [-0.4, -0.2) is 61.3 Å². The molecule has 0 radical (unpaired) electrons. The molecule has 0 aromatic carbocycles. The molecule has 152 valence electrons. The van der Waals surface area contributed by atoms with Crippen LogP contribution in [0.1, 0.15) is 73.1 Å². The van der Waals surface area contributed by atoms with Crippen LogP contribution in [0.5, 0.6) is 0 Å². The molecule has 6 nitrogen and oxygen atoms in total. The topological polar surface area (TPSA) is 107 Å². The third kappa shape index (κ3) is 4.65. The fraction of sp³-hybridized carbons (Fsp3) is 0.950. The van der Waals surface area contributed by atoms with Crippen LogP contribution < -0.4 is 0 Å². The quantitative estimate of drug-likeness (QED) is 0.583. The van der Waals surface area contributed by atoms with Crippen LogP contribution in [0.2, 0.25) is 0 Å². The molecule has 2 rings (SSSR count). The van der Waals surface area contributed by atoms with E-state index in [1.807, 2.05) is 13.8 Å². The maximum Gasteiger partial charge on any atom is 0.167 e. The van der Waals surface area contributed by atoms with E-state index >= 15 is 0 Å². The summed E-state index contributed by atoms with van der Waals surface area (Å²) < 4.78 is 5.99. The lowest BCUT2D eigenvalue weighted by molar-refractivity contribution is -0.179. The third-order valence-electron chi connectivity index (χ3n) is 6.75. The highest BCUT2D eigenvalue weighted by Crippen LogP contribution is 2.41. The highest BCUT2D eigenvalue weighted by molar-refractivity contribution is 5.88. The van der Waals surface area contributed by atoms with Crippen molar-refractivity contribution in [1.82, 2.24) is 0 Å². The summed E-state index contributed by atoms with van der Waals surface area (Å²) in [5, 5.41) is 41.2. The van der Waals surface area contributed by atoms with Crippen LogP contribution in [0.25, 0.3) is 0 Å². The number of carbonyl (C=O) groups is 1. The third-order valence-corrected chi connectivity index (χ3v) is 6.75. The van der Waals surface area contributed by atoms with Crippen molar-refractivity contribution < 1.29 is 30.0 Å². The van der Waals surface area contributed by atoms with Crippen LogP contribution >= 0.6 is 0 Å². The maximum atomic E-state index is 12.5. The second-order valence-corrected chi connectivity index (χ2v) is 9.78. The van der Waals surface area contributed by atoms with Crippen molar-refractivity contribution in [1.29, 1.82) is 0 Å². The summed E-state index contributed by atoms with van der Waals surface area (Å²) in [4.78, 5) is 12.5. The molecule has 26 heavy (non-hydrogen) atoms. The predicted octanol–water partition coefficient (Wildman–Crippen LogP) is 1.56. The lowest BCUT2D eigenvalue weighted by Gasteiger charge is -2.45. The second kappa shape index (κ2) is 7.13. The van der Waals surface area contributed by atoms with Gasteiger partial charge in [-0.25, -0.2) is 0 Å². The molecule has 6 heteroatoms. The summed E-state index contributed by atoms with van der Waals surface area (Å²) in [5.74, 6) is -0.401. The van der Waals surface area contributed by atoms with Gasteiger partial charge in [-0.15, -0.1) is 0 Å². The Kier molecular flexibility index (Phi) is 5.97. The Morgan fingerprint density at radius 3 is 2.19 bits per heavy atom. The number of hydrogen-bond donors (Lipinski definition) is 4. The van der Waals surface area contributed by atoms with Gasteiger partial charge in [0.1, 0.15) is 5.60 Å². The zero-order valence-corrected chi connectivity index (χ0v) is 16.8. The van der Waals surface area contributed by atoms with Crippen molar-refractivity contribution in [3.63, 3.8) is 0 Å². The Bertz CT molecular complexity index is 521. The molecule has 0 heterocycles. The molecule has 2 aliphatic rings. The molecule has 0 aromatic rings. The SMILES string of the molecule is CC(C)(O)C1CCC(O)(COC(C)(C)C2CCC(C)(O)C(O)C2)C(=O)C1. The van der Waals surface area contributed by atoms with E-state index in [0.29, 0.717) is 25.7 Å². The van der Waals surface area contributed by atoms with Gasteiger partial charge in [0.15, 0.2) is 5.78 Å². The molecule has 0 bridgehead atoms. The number of rotatable bonds is 5. The Hall–Kier alpha value is -0.530. The van der Waals surface area contributed by atoms with Gasteiger partial charge in [-0.05, 0) is 78.6 Å². The number of hydrogen-bond acceptors (Lipinski definition) is 6. The summed E-state index contributed by atoms with van der Waals surface area (Å²) in [5.41, 5.74) is -4.15. The molecular formula is C20H36O6. The fourth-order valence-corrected chi connectivity index (χ4v) is 4.15. The minimum absolute atomic E-state index is 0.0316. The molecule has 0 spiro atoms. The first-order valence-electron chi connectivity index (χ1n) is 9.70. The van der Waals surface area contributed by atoms with Crippen LogP contribution in [0.3, 0.4) is 0 Å². The van der Waals surface area contributed by atoms with Crippen molar-refractivity contribution in [2.75, 3.05) is 6.61 Å². The largest absolute Gasteiger partial charge is 0.390 e. The fourth-order valence-electron chi connectivity index (χ4n) is 4.15. The van der Waals surface area contributed by atoms with Gasteiger partial charge in [-0.2, -0.15) is 0 Å². The van der Waals surface area contributed by atoms with Crippen molar-refractivity contribution >= 4 is 5.78 Å². The van der Waals surface area contributed by atoms with E-state index in [9.17, 15) is 25.2 Å². The van der Waals surface area contributed by atoms with Crippen molar-refractivity contribution in [2.45, 2.75) is 102 Å². The normalized spacial score (nSPS) is 39.9. The first-order valence-corrected chi connectivity index (χ1v) is 9.70. The van der Waals surface area contributed by atoms with Gasteiger partial charge < -0.3 is 25.2 Å². The number of ketones is 1. The van der Waals surface area contributed by atoms with Gasteiger partial charge in [0, 0.05) is 6.42 Å². The van der Waals surface area contributed by atoms with Gasteiger partial charge in [0.05, 0.1) is 29.5 Å². The standard InChI is InChI=1S/C20H36O6/c1-17(2,23)13-7-9-20(25,16(22)10-13)12-26-18(3,4)14-6-8-19(5,24)15(21)11-14/h13-15,21,23-25H,6-12H2,1-5H3. The lowest BCUT2D eigenvalue weighted by atomic mass is 9.71. The van der Waals surface area contributed by atoms with Gasteiger partial charge >= 0.3 is 0 Å². The van der Waals surface area contributed by atoms with Gasteiger partial charge in [0.2, 0.25) is 0 Å². The number of aliphatic hydroxyl groups excluding tert-OH is 1. The molecule has 2 fully saturated rings. The van der Waals surface area contributed by atoms with Crippen LogP contribution in [0.15, 0.2) is 0 Å². The Morgan fingerprint density at radius 1 is 1.12 bits per heavy atom. The molecule has 2 saturated carbocycles. The van der Waals surface area contributed by atoms with E-state index in [1.54, 1.807) is 20.8 Å². The molecule has 4 N–H and O–H groups in total. The lowest BCUT2D eigenvalue weighted by Crippen LogP contribution is -2.54. The van der Waals surface area contributed by atoms with E-state index in [4.69, 9.17) is 4.74 Å². The molecular weight excluding hydrogens is 336 g/mol. The highest BCUT2D eigenvalue weighted by atomic mass is 16.5. The van der Waals surface area contributed by atoms with Gasteiger partial charge in [-0.3, -0.25) is 4.79 Å². The number of aliphatic hydroxyl groups is 4. The summed E-state index contributed by atoms with van der Waals surface area (Å²) in [6.07, 6.45) is 1.81. The van der Waals surface area contributed by atoms with Crippen molar-refractivity contribution in [3.8, 4) is 0 Å². The summed E-state index contributed by atoms with van der Waals surface area (Å²) in [6, 6.07) is 0. The highest BCUT2D eigenvalue weighted by Gasteiger charge is 2.47. The average Bonchev–Trinajstić information content (AvgIpc) is 2.50. The second-order valence-electron chi connectivity index (χ2n) is 9.78. The first-order chi connectivity index (χ1) is 11.7. The van der Waals surface area contributed by atoms with Crippen molar-refractivity contribution in [3.05, 3.63) is 0 Å². The van der Waals surface area contributed by atoms with E-state index in [2.05, 4.69) is 0 Å². The van der Waals surface area contributed by atoms with E-state index in [0.717, 1.165) is 0 Å². The molecule has 0 amide bonds. The number of ether oxygens (including phenoxy) is 1. The molecule has 0 aromatic heterocycles. The average molecular weight is 373 g/mol. The van der Waals surface area contributed by atoms with Gasteiger partial charge in [0.25, 0.3) is 0 Å². The zero-order valence-electron chi connectivity index (χ0n) is 16.8. The molecule has 5 unspecified atom stereocenters. The Labute approximate surface area is 156 Å². The van der Waals surface area contributed by atoms with E-state index < -0.39 is 28.5 Å². The molecule has 0 saturated heterocycles. The Balaban J connectivity index is 1.96. The summed E-state index contributed by atoms with van der Waals surface area (Å²) in [6.45, 7) is 8.75. The number of carbonyl (C=O) groups excluding carboxylic acids is 1. The van der Waals surface area contributed by atoms with Crippen LogP contribution in [-0.2, 0) is 9.53 Å². The summed E-state index contributed by atoms with van der Waals surface area (Å²) in [7, 11) is 0. The molecule has 0 aliphatic heterocycles. The van der Waals surface area contributed by atoms with Gasteiger partial charge in [-0.1, -0.05) is 0 Å². The Morgan fingerprint density at radius 2 is 1.69 bits per heavy atom. The predicted molar refractivity (Wildman–Crippen MR) is 97.6 cm³/mol. The minimum Gasteiger partial charge on any atom is -0.390 e. The monoisotopic (exact) mass is 372 g/mol. The number of Topliss-reactive ketones (excluding diaryl/α,β-unsaturated/α-hetero) is 1. The van der Waals surface area contributed by atoms with Crippen LogP contribution in [0.4, 0.5) is 0 Å². The minimum atomic E-state index is -1.52.